The van der Waals surface area contributed by atoms with Crippen molar-refractivity contribution in [3.05, 3.63) is 34.9 Å². The zero-order valence-corrected chi connectivity index (χ0v) is 17.5. The summed E-state index contributed by atoms with van der Waals surface area (Å²) in [5.41, 5.74) is 0.497. The number of halogens is 2. The molecule has 27 heavy (non-hydrogen) atoms. The van der Waals surface area contributed by atoms with Crippen molar-refractivity contribution in [2.45, 2.75) is 26.3 Å². The van der Waals surface area contributed by atoms with E-state index in [1.165, 1.54) is 0 Å². The van der Waals surface area contributed by atoms with E-state index < -0.39 is 6.04 Å². The minimum absolute atomic E-state index is 0. The monoisotopic (exact) mass is 416 g/mol. The molecule has 2 unspecified atom stereocenters. The van der Waals surface area contributed by atoms with Gasteiger partial charge in [-0.2, -0.15) is 0 Å². The molecule has 1 aliphatic heterocycles. The summed E-state index contributed by atoms with van der Waals surface area (Å²) in [5.74, 6) is -0.341. The molecule has 1 fully saturated rings. The molecule has 2 rings (SSSR count). The van der Waals surface area contributed by atoms with Crippen molar-refractivity contribution in [1.29, 1.82) is 0 Å². The molecule has 3 N–H and O–H groups in total. The van der Waals surface area contributed by atoms with Gasteiger partial charge in [0.05, 0.1) is 0 Å². The zero-order chi connectivity index (χ0) is 18.9. The Morgan fingerprint density at radius 1 is 1.22 bits per heavy atom. The summed E-state index contributed by atoms with van der Waals surface area (Å²) in [7, 11) is 0. The average molecular weight is 417 g/mol. The van der Waals surface area contributed by atoms with Gasteiger partial charge in [0.1, 0.15) is 6.04 Å². The van der Waals surface area contributed by atoms with Crippen molar-refractivity contribution in [3.63, 3.8) is 0 Å². The summed E-state index contributed by atoms with van der Waals surface area (Å²) < 4.78 is 0. The van der Waals surface area contributed by atoms with Gasteiger partial charge < -0.3 is 16.0 Å². The Labute approximate surface area is 172 Å². The molecule has 2 atom stereocenters. The van der Waals surface area contributed by atoms with Gasteiger partial charge in [-0.05, 0) is 30.2 Å². The molecule has 1 heterocycles. The van der Waals surface area contributed by atoms with E-state index in [-0.39, 0.29) is 30.1 Å². The highest BCUT2D eigenvalue weighted by molar-refractivity contribution is 6.30. The summed E-state index contributed by atoms with van der Waals surface area (Å²) in [6.45, 7) is 9.37. The normalized spacial score (nSPS) is 16.7. The predicted octanol–water partition coefficient (Wildman–Crippen LogP) is 1.93. The molecule has 1 aromatic carbocycles. The molecule has 1 aromatic rings. The van der Waals surface area contributed by atoms with Crippen LogP contribution in [-0.4, -0.2) is 62.0 Å². The number of carbonyl (C=O) groups excluding carboxylic acids is 2. The Bertz CT molecular complexity index is 592. The molecule has 1 aliphatic rings. The van der Waals surface area contributed by atoms with Gasteiger partial charge >= 0.3 is 0 Å². The summed E-state index contributed by atoms with van der Waals surface area (Å²) in [4.78, 5) is 27.4. The highest BCUT2D eigenvalue weighted by atomic mass is 35.5. The number of nitrogens with one attached hydrogen (secondary N) is 3. The number of hydrogen-bond acceptors (Lipinski definition) is 4. The van der Waals surface area contributed by atoms with Crippen molar-refractivity contribution < 1.29 is 9.59 Å². The van der Waals surface area contributed by atoms with Gasteiger partial charge in [0.2, 0.25) is 5.91 Å². The molecule has 8 heteroatoms. The SMILES string of the molecule is CCC(C)C(NC(=O)c1ccc(Cl)cc1)C(=O)NCCN1CCNCC1.Cl. The van der Waals surface area contributed by atoms with Gasteiger partial charge in [-0.1, -0.05) is 31.9 Å². The fourth-order valence-electron chi connectivity index (χ4n) is 2.91. The van der Waals surface area contributed by atoms with E-state index in [0.29, 0.717) is 17.1 Å². The number of amides is 2. The maximum atomic E-state index is 12.6. The topological polar surface area (TPSA) is 73.5 Å². The Balaban J connectivity index is 0.00000364. The van der Waals surface area contributed by atoms with Crippen molar-refractivity contribution in [2.75, 3.05) is 39.3 Å². The highest BCUT2D eigenvalue weighted by Crippen LogP contribution is 2.12. The van der Waals surface area contributed by atoms with Gasteiger partial charge in [-0.15, -0.1) is 12.4 Å². The minimum atomic E-state index is -0.550. The lowest BCUT2D eigenvalue weighted by Gasteiger charge is -2.28. The van der Waals surface area contributed by atoms with Gasteiger partial charge in [-0.25, -0.2) is 0 Å². The van der Waals surface area contributed by atoms with Crippen molar-refractivity contribution in [1.82, 2.24) is 20.9 Å². The van der Waals surface area contributed by atoms with Gasteiger partial charge in [0.15, 0.2) is 0 Å². The van der Waals surface area contributed by atoms with Crippen LogP contribution in [-0.2, 0) is 4.79 Å². The number of carbonyl (C=O) groups is 2. The number of piperazine rings is 1. The van der Waals surface area contributed by atoms with E-state index in [9.17, 15) is 9.59 Å². The van der Waals surface area contributed by atoms with Crippen LogP contribution in [0.25, 0.3) is 0 Å². The summed E-state index contributed by atoms with van der Waals surface area (Å²) in [5, 5.41) is 9.73. The molecular weight excluding hydrogens is 387 g/mol. The third-order valence-corrected chi connectivity index (χ3v) is 5.08. The lowest BCUT2D eigenvalue weighted by atomic mass is 9.98. The van der Waals surface area contributed by atoms with Crippen molar-refractivity contribution in [3.8, 4) is 0 Å². The number of benzene rings is 1. The first-order valence-electron chi connectivity index (χ1n) is 9.28. The fraction of sp³-hybridized carbons (Fsp3) is 0.579. The van der Waals surface area contributed by atoms with E-state index in [1.54, 1.807) is 24.3 Å². The summed E-state index contributed by atoms with van der Waals surface area (Å²) in [6.07, 6.45) is 0.802. The van der Waals surface area contributed by atoms with Crippen LogP contribution in [0.5, 0.6) is 0 Å². The summed E-state index contributed by atoms with van der Waals surface area (Å²) >= 11 is 5.86. The molecule has 0 aromatic heterocycles. The molecule has 1 saturated heterocycles. The Morgan fingerprint density at radius 3 is 2.44 bits per heavy atom. The third kappa shape index (κ3) is 7.66. The van der Waals surface area contributed by atoms with E-state index in [2.05, 4.69) is 20.9 Å². The molecule has 0 saturated carbocycles. The molecule has 0 aliphatic carbocycles. The second kappa shape index (κ2) is 12.2. The van der Waals surface area contributed by atoms with Crippen LogP contribution in [0.15, 0.2) is 24.3 Å². The van der Waals surface area contributed by atoms with Crippen molar-refractivity contribution in [2.24, 2.45) is 5.92 Å². The second-order valence-corrected chi connectivity index (χ2v) is 7.16. The van der Waals surface area contributed by atoms with E-state index >= 15 is 0 Å². The number of hydrogen-bond donors (Lipinski definition) is 3. The molecule has 0 bridgehead atoms. The first-order chi connectivity index (χ1) is 12.5. The van der Waals surface area contributed by atoms with Crippen LogP contribution in [0, 0.1) is 5.92 Å². The van der Waals surface area contributed by atoms with Crippen molar-refractivity contribution >= 4 is 35.8 Å². The van der Waals surface area contributed by atoms with Crippen LogP contribution in [0.2, 0.25) is 5.02 Å². The molecule has 0 radical (unpaired) electrons. The van der Waals surface area contributed by atoms with Crippen LogP contribution in [0.4, 0.5) is 0 Å². The van der Waals surface area contributed by atoms with E-state index in [1.807, 2.05) is 13.8 Å². The highest BCUT2D eigenvalue weighted by Gasteiger charge is 2.26. The quantitative estimate of drug-likeness (QED) is 0.605. The van der Waals surface area contributed by atoms with Gasteiger partial charge in [0, 0.05) is 49.9 Å². The molecular formula is C19H30Cl2N4O2. The lowest BCUT2D eigenvalue weighted by molar-refractivity contribution is -0.124. The van der Waals surface area contributed by atoms with E-state index in [4.69, 9.17) is 11.6 Å². The largest absolute Gasteiger partial charge is 0.353 e. The van der Waals surface area contributed by atoms with Crippen LogP contribution >= 0.6 is 24.0 Å². The minimum Gasteiger partial charge on any atom is -0.353 e. The number of rotatable bonds is 8. The number of nitrogens with zero attached hydrogens (tertiary/aromatic N) is 1. The maximum Gasteiger partial charge on any atom is 0.251 e. The van der Waals surface area contributed by atoms with E-state index in [0.717, 1.165) is 39.1 Å². The Hall–Kier alpha value is -1.34. The smallest absolute Gasteiger partial charge is 0.251 e. The maximum absolute atomic E-state index is 12.6. The van der Waals surface area contributed by atoms with Crippen LogP contribution in [0.3, 0.4) is 0 Å². The molecule has 152 valence electrons. The summed E-state index contributed by atoms with van der Waals surface area (Å²) in [6, 6.07) is 6.11. The fourth-order valence-corrected chi connectivity index (χ4v) is 3.04. The first kappa shape index (κ1) is 23.7. The molecule has 6 nitrogen and oxygen atoms in total. The molecule has 2 amide bonds. The Morgan fingerprint density at radius 2 is 1.85 bits per heavy atom. The lowest BCUT2D eigenvalue weighted by Crippen LogP contribution is -2.52. The van der Waals surface area contributed by atoms with Crippen LogP contribution < -0.4 is 16.0 Å². The second-order valence-electron chi connectivity index (χ2n) is 6.73. The zero-order valence-electron chi connectivity index (χ0n) is 16.0. The average Bonchev–Trinajstić information content (AvgIpc) is 2.66. The third-order valence-electron chi connectivity index (χ3n) is 4.83. The standard InChI is InChI=1S/C19H29ClN4O2.ClH/c1-3-14(2)17(23-18(25)15-4-6-16(20)7-5-15)19(26)22-10-13-24-11-8-21-9-12-24;/h4-7,14,17,21H,3,8-13H2,1-2H3,(H,22,26)(H,23,25);1H. The van der Waals surface area contributed by atoms with Gasteiger partial charge in [-0.3, -0.25) is 14.5 Å². The van der Waals surface area contributed by atoms with Gasteiger partial charge in [0.25, 0.3) is 5.91 Å². The predicted molar refractivity (Wildman–Crippen MR) is 112 cm³/mol. The molecule has 0 spiro atoms. The van der Waals surface area contributed by atoms with Crippen LogP contribution in [0.1, 0.15) is 30.6 Å². The Kier molecular flexibility index (Phi) is 10.7. The first-order valence-corrected chi connectivity index (χ1v) is 9.66.